The van der Waals surface area contributed by atoms with Crippen LogP contribution in [0.3, 0.4) is 0 Å². The summed E-state index contributed by atoms with van der Waals surface area (Å²) in [5.41, 5.74) is 1.50. The Hall–Kier alpha value is -3.11. The largest absolute Gasteiger partial charge is 0.454 e. The Morgan fingerprint density at radius 1 is 1.14 bits per heavy atom. The fourth-order valence-electron chi connectivity index (χ4n) is 5.02. The minimum Gasteiger partial charge on any atom is -0.454 e. The Morgan fingerprint density at radius 2 is 1.91 bits per heavy atom. The standard InChI is InChI=1S/C25H29N3O6S/c1-25(2)19-12-18(7-8-20(19)27(3)24(25)30)35(31,32)28-10-4-5-17(14-28)23(29)26-13-16-6-9-21-22(11-16)34-15-33-21/h6-9,11-12,17H,4-5,10,13-15H2,1-3H3,(H,26,29)/t17-/m1/s1. The Bertz CT molecular complexity index is 1310. The van der Waals surface area contributed by atoms with Gasteiger partial charge in [0.2, 0.25) is 28.6 Å². The molecule has 1 saturated heterocycles. The molecule has 1 fully saturated rings. The maximum absolute atomic E-state index is 13.5. The van der Waals surface area contributed by atoms with Crippen LogP contribution in [-0.2, 0) is 31.6 Å². The third-order valence-electron chi connectivity index (χ3n) is 7.14. The molecule has 3 aliphatic rings. The number of ether oxygens (including phenoxy) is 2. The highest BCUT2D eigenvalue weighted by molar-refractivity contribution is 7.89. The summed E-state index contributed by atoms with van der Waals surface area (Å²) in [5, 5.41) is 2.93. The summed E-state index contributed by atoms with van der Waals surface area (Å²) in [5.74, 6) is 0.645. The molecule has 186 valence electrons. The van der Waals surface area contributed by atoms with Crippen LogP contribution in [0.1, 0.15) is 37.8 Å². The number of nitrogens with zero attached hydrogens (tertiary/aromatic N) is 2. The van der Waals surface area contributed by atoms with Gasteiger partial charge in [0.1, 0.15) is 0 Å². The van der Waals surface area contributed by atoms with Gasteiger partial charge < -0.3 is 19.7 Å². The summed E-state index contributed by atoms with van der Waals surface area (Å²) in [6.45, 7) is 4.58. The van der Waals surface area contributed by atoms with E-state index in [4.69, 9.17) is 9.47 Å². The van der Waals surface area contributed by atoms with Crippen LogP contribution in [-0.4, -0.2) is 51.5 Å². The molecule has 9 nitrogen and oxygen atoms in total. The molecule has 3 heterocycles. The van der Waals surface area contributed by atoms with Crippen LogP contribution in [0.25, 0.3) is 0 Å². The van der Waals surface area contributed by atoms with Gasteiger partial charge in [0.05, 0.1) is 16.2 Å². The summed E-state index contributed by atoms with van der Waals surface area (Å²) in [4.78, 5) is 27.2. The van der Waals surface area contributed by atoms with Crippen molar-refractivity contribution < 1.29 is 27.5 Å². The van der Waals surface area contributed by atoms with Gasteiger partial charge >= 0.3 is 0 Å². The Labute approximate surface area is 205 Å². The lowest BCUT2D eigenvalue weighted by atomic mass is 9.86. The van der Waals surface area contributed by atoms with Crippen molar-refractivity contribution in [2.75, 3.05) is 31.8 Å². The van der Waals surface area contributed by atoms with Crippen molar-refractivity contribution in [2.45, 2.75) is 43.5 Å². The number of anilines is 1. The van der Waals surface area contributed by atoms with E-state index in [9.17, 15) is 18.0 Å². The van der Waals surface area contributed by atoms with E-state index in [1.54, 1.807) is 44.0 Å². The maximum atomic E-state index is 13.5. The first-order chi connectivity index (χ1) is 16.6. The van der Waals surface area contributed by atoms with Gasteiger partial charge in [-0.05, 0) is 68.1 Å². The quantitative estimate of drug-likeness (QED) is 0.677. The van der Waals surface area contributed by atoms with Gasteiger partial charge in [0, 0.05) is 32.4 Å². The predicted molar refractivity (Wildman–Crippen MR) is 129 cm³/mol. The zero-order valence-corrected chi connectivity index (χ0v) is 20.9. The van der Waals surface area contributed by atoms with Gasteiger partial charge in [-0.15, -0.1) is 0 Å². The van der Waals surface area contributed by atoms with E-state index < -0.39 is 21.4 Å². The fraction of sp³-hybridized carbons (Fsp3) is 0.440. The van der Waals surface area contributed by atoms with Crippen LogP contribution in [0.4, 0.5) is 5.69 Å². The van der Waals surface area contributed by atoms with E-state index in [1.807, 2.05) is 18.2 Å². The van der Waals surface area contributed by atoms with Crippen molar-refractivity contribution in [3.63, 3.8) is 0 Å². The number of hydrogen-bond donors (Lipinski definition) is 1. The van der Waals surface area contributed by atoms with Gasteiger partial charge in [-0.25, -0.2) is 8.42 Å². The number of nitrogens with one attached hydrogen (secondary N) is 1. The zero-order chi connectivity index (χ0) is 25.0. The number of benzene rings is 2. The molecular formula is C25H29N3O6S. The summed E-state index contributed by atoms with van der Waals surface area (Å²) in [7, 11) is -2.12. The second kappa shape index (κ2) is 8.53. The summed E-state index contributed by atoms with van der Waals surface area (Å²) in [6, 6.07) is 10.3. The van der Waals surface area contributed by atoms with Crippen LogP contribution >= 0.6 is 0 Å². The van der Waals surface area contributed by atoms with Crippen LogP contribution in [0.2, 0.25) is 0 Å². The molecule has 1 N–H and O–H groups in total. The molecule has 2 aromatic rings. The van der Waals surface area contributed by atoms with Gasteiger partial charge in [0.25, 0.3) is 0 Å². The molecule has 5 rings (SSSR count). The molecule has 0 bridgehead atoms. The number of amides is 2. The molecule has 0 unspecified atom stereocenters. The molecule has 0 spiro atoms. The van der Waals surface area contributed by atoms with E-state index in [-0.39, 0.29) is 30.0 Å². The molecule has 10 heteroatoms. The number of piperidine rings is 1. The molecule has 1 atom stereocenters. The third kappa shape index (κ3) is 4.04. The number of likely N-dealkylation sites (N-methyl/N-ethyl adjacent to an activating group) is 1. The van der Waals surface area contributed by atoms with Crippen molar-refractivity contribution in [1.82, 2.24) is 9.62 Å². The molecule has 0 aliphatic carbocycles. The molecule has 0 radical (unpaired) electrons. The minimum atomic E-state index is -3.82. The van der Waals surface area contributed by atoms with Crippen molar-refractivity contribution in [3.8, 4) is 11.5 Å². The van der Waals surface area contributed by atoms with Gasteiger partial charge in [-0.2, -0.15) is 4.31 Å². The van der Waals surface area contributed by atoms with Gasteiger partial charge in [-0.1, -0.05) is 6.07 Å². The first kappa shape index (κ1) is 23.6. The van der Waals surface area contributed by atoms with E-state index in [0.29, 0.717) is 43.0 Å². The van der Waals surface area contributed by atoms with Crippen molar-refractivity contribution >= 4 is 27.5 Å². The van der Waals surface area contributed by atoms with Gasteiger partial charge in [-0.3, -0.25) is 9.59 Å². The molecule has 35 heavy (non-hydrogen) atoms. The first-order valence-corrected chi connectivity index (χ1v) is 13.1. The molecule has 0 aromatic heterocycles. The smallest absolute Gasteiger partial charge is 0.243 e. The van der Waals surface area contributed by atoms with Crippen LogP contribution in [0, 0.1) is 5.92 Å². The van der Waals surface area contributed by atoms with Crippen molar-refractivity contribution in [1.29, 1.82) is 0 Å². The molecule has 3 aliphatic heterocycles. The SMILES string of the molecule is CN1C(=O)C(C)(C)c2cc(S(=O)(=O)N3CCC[C@@H](C(=O)NCc4ccc5c(c4)OCO5)C3)ccc21. The molecular weight excluding hydrogens is 470 g/mol. The lowest BCUT2D eigenvalue weighted by Crippen LogP contribution is -2.45. The average Bonchev–Trinajstić information content (AvgIpc) is 3.39. The van der Waals surface area contributed by atoms with Gasteiger partial charge in [0.15, 0.2) is 11.5 Å². The third-order valence-corrected chi connectivity index (χ3v) is 9.00. The Balaban J connectivity index is 1.28. The minimum absolute atomic E-state index is 0.0702. The number of fused-ring (bicyclic) bond motifs is 2. The summed E-state index contributed by atoms with van der Waals surface area (Å²) in [6.07, 6.45) is 1.22. The van der Waals surface area contributed by atoms with Crippen molar-refractivity contribution in [3.05, 3.63) is 47.5 Å². The maximum Gasteiger partial charge on any atom is 0.243 e. The second-order valence-corrected chi connectivity index (χ2v) is 11.7. The van der Waals surface area contributed by atoms with Crippen LogP contribution in [0.5, 0.6) is 11.5 Å². The first-order valence-electron chi connectivity index (χ1n) is 11.7. The highest BCUT2D eigenvalue weighted by Gasteiger charge is 2.43. The fourth-order valence-corrected chi connectivity index (χ4v) is 6.57. The van der Waals surface area contributed by atoms with E-state index in [0.717, 1.165) is 11.3 Å². The number of hydrogen-bond acceptors (Lipinski definition) is 6. The highest BCUT2D eigenvalue weighted by Crippen LogP contribution is 2.42. The van der Waals surface area contributed by atoms with Crippen molar-refractivity contribution in [2.24, 2.45) is 5.92 Å². The molecule has 2 amide bonds. The predicted octanol–water partition coefficient (Wildman–Crippen LogP) is 2.39. The van der Waals surface area contributed by atoms with E-state index >= 15 is 0 Å². The van der Waals surface area contributed by atoms with Crippen LogP contribution in [0.15, 0.2) is 41.3 Å². The molecule has 2 aromatic carbocycles. The number of rotatable bonds is 5. The average molecular weight is 500 g/mol. The topological polar surface area (TPSA) is 105 Å². The van der Waals surface area contributed by atoms with E-state index in [2.05, 4.69) is 5.32 Å². The lowest BCUT2D eigenvalue weighted by molar-refractivity contribution is -0.126. The number of carbonyl (C=O) groups is 2. The zero-order valence-electron chi connectivity index (χ0n) is 20.0. The monoisotopic (exact) mass is 499 g/mol. The summed E-state index contributed by atoms with van der Waals surface area (Å²) < 4.78 is 39.0. The summed E-state index contributed by atoms with van der Waals surface area (Å²) >= 11 is 0. The normalized spacial score (nSPS) is 21.2. The Kier molecular flexibility index (Phi) is 5.76. The lowest BCUT2D eigenvalue weighted by Gasteiger charge is -2.31. The number of carbonyl (C=O) groups excluding carboxylic acids is 2. The second-order valence-electron chi connectivity index (χ2n) is 9.78. The van der Waals surface area contributed by atoms with Crippen LogP contribution < -0.4 is 19.7 Å². The van der Waals surface area contributed by atoms with E-state index in [1.165, 1.54) is 4.31 Å². The molecule has 0 saturated carbocycles. The Morgan fingerprint density at radius 3 is 2.71 bits per heavy atom. The highest BCUT2D eigenvalue weighted by atomic mass is 32.2. The number of sulfonamides is 1.